The quantitative estimate of drug-likeness (QED) is 0.803. The van der Waals surface area contributed by atoms with Crippen LogP contribution in [-0.2, 0) is 0 Å². The third kappa shape index (κ3) is 3.17. The van der Waals surface area contributed by atoms with Gasteiger partial charge < -0.3 is 11.1 Å². The summed E-state index contributed by atoms with van der Waals surface area (Å²) >= 11 is 16.6. The van der Waals surface area contributed by atoms with Crippen molar-refractivity contribution in [3.63, 3.8) is 0 Å². The van der Waals surface area contributed by atoms with E-state index in [9.17, 15) is 8.78 Å². The van der Waals surface area contributed by atoms with Crippen molar-refractivity contribution >= 4 is 51.8 Å². The summed E-state index contributed by atoms with van der Waals surface area (Å²) in [5, 5.41) is 3.04. The van der Waals surface area contributed by atoms with Crippen LogP contribution in [0.25, 0.3) is 0 Å². The first kappa shape index (κ1) is 15.0. The van der Waals surface area contributed by atoms with Gasteiger partial charge in [0.1, 0.15) is 10.8 Å². The molecule has 0 atom stereocenters. The van der Waals surface area contributed by atoms with Gasteiger partial charge in [0.2, 0.25) is 0 Å². The predicted octanol–water partition coefficient (Wildman–Crippen LogP) is 4.65. The maximum Gasteiger partial charge on any atom is 0.151 e. The molecule has 0 saturated heterocycles. The van der Waals surface area contributed by atoms with Gasteiger partial charge in [-0.15, -0.1) is 0 Å². The van der Waals surface area contributed by atoms with Gasteiger partial charge in [0.05, 0.1) is 16.4 Å². The van der Waals surface area contributed by atoms with Crippen molar-refractivity contribution in [2.45, 2.75) is 0 Å². The first-order chi connectivity index (χ1) is 9.38. The maximum absolute atomic E-state index is 13.7. The predicted molar refractivity (Wildman–Crippen MR) is 82.0 cm³/mol. The fraction of sp³-hybridized carbons (Fsp3) is 0. The monoisotopic (exact) mass is 332 g/mol. The summed E-state index contributed by atoms with van der Waals surface area (Å²) in [4.78, 5) is 0.114. The molecule has 0 aromatic heterocycles. The van der Waals surface area contributed by atoms with E-state index >= 15 is 0 Å². The van der Waals surface area contributed by atoms with E-state index in [2.05, 4.69) is 5.32 Å². The molecule has 0 spiro atoms. The second kappa shape index (κ2) is 5.91. The van der Waals surface area contributed by atoms with Gasteiger partial charge in [-0.3, -0.25) is 0 Å². The van der Waals surface area contributed by atoms with E-state index in [0.717, 1.165) is 12.1 Å². The molecule has 0 aliphatic heterocycles. The van der Waals surface area contributed by atoms with E-state index in [4.69, 9.17) is 41.2 Å². The standard InChI is InChI=1S/C13H8Cl2F2N2S/c14-6-1-2-8(13(18)20)11(3-6)19-12-9(15)4-7(16)5-10(12)17/h1-5,19H,(H2,18,20). The largest absolute Gasteiger partial charge is 0.389 e. The smallest absolute Gasteiger partial charge is 0.151 e. The highest BCUT2D eigenvalue weighted by Gasteiger charge is 2.13. The number of anilines is 2. The Morgan fingerprint density at radius 1 is 1.15 bits per heavy atom. The van der Waals surface area contributed by atoms with Crippen molar-refractivity contribution in [2.75, 3.05) is 5.32 Å². The van der Waals surface area contributed by atoms with Gasteiger partial charge in [-0.2, -0.15) is 0 Å². The van der Waals surface area contributed by atoms with Gasteiger partial charge in [0, 0.05) is 16.7 Å². The summed E-state index contributed by atoms with van der Waals surface area (Å²) in [5.74, 6) is -1.59. The van der Waals surface area contributed by atoms with Crippen LogP contribution in [-0.4, -0.2) is 4.99 Å². The Morgan fingerprint density at radius 2 is 1.85 bits per heavy atom. The highest BCUT2D eigenvalue weighted by molar-refractivity contribution is 7.80. The Morgan fingerprint density at radius 3 is 2.45 bits per heavy atom. The molecule has 0 aliphatic carbocycles. The Kier molecular flexibility index (Phi) is 4.42. The summed E-state index contributed by atoms with van der Waals surface area (Å²) < 4.78 is 26.8. The van der Waals surface area contributed by atoms with E-state index in [1.165, 1.54) is 6.07 Å². The molecule has 0 saturated carbocycles. The number of hydrogen-bond acceptors (Lipinski definition) is 2. The normalized spacial score (nSPS) is 10.4. The first-order valence-electron chi connectivity index (χ1n) is 5.39. The lowest BCUT2D eigenvalue weighted by molar-refractivity contribution is 0.586. The Balaban J connectivity index is 2.50. The van der Waals surface area contributed by atoms with E-state index in [0.29, 0.717) is 16.3 Å². The van der Waals surface area contributed by atoms with Gasteiger partial charge in [-0.25, -0.2) is 8.78 Å². The van der Waals surface area contributed by atoms with Crippen molar-refractivity contribution in [3.05, 3.63) is 57.6 Å². The minimum Gasteiger partial charge on any atom is -0.389 e. The Hall–Kier alpha value is -1.43. The summed E-state index contributed by atoms with van der Waals surface area (Å²) in [6.45, 7) is 0. The lowest BCUT2D eigenvalue weighted by Crippen LogP contribution is -2.12. The number of rotatable bonds is 3. The molecule has 2 rings (SSSR count). The summed E-state index contributed by atoms with van der Waals surface area (Å²) in [6, 6.07) is 6.44. The van der Waals surface area contributed by atoms with Crippen molar-refractivity contribution in [1.82, 2.24) is 0 Å². The van der Waals surface area contributed by atoms with Crippen LogP contribution in [0, 0.1) is 11.6 Å². The number of hydrogen-bond donors (Lipinski definition) is 2. The molecule has 0 aliphatic rings. The van der Waals surface area contributed by atoms with Crippen LogP contribution in [0.15, 0.2) is 30.3 Å². The van der Waals surface area contributed by atoms with Crippen LogP contribution < -0.4 is 11.1 Å². The number of benzene rings is 2. The van der Waals surface area contributed by atoms with E-state index in [1.54, 1.807) is 12.1 Å². The third-order valence-corrected chi connectivity index (χ3v) is 3.27. The van der Waals surface area contributed by atoms with Crippen molar-refractivity contribution in [1.29, 1.82) is 0 Å². The van der Waals surface area contributed by atoms with Crippen LogP contribution in [0.3, 0.4) is 0 Å². The summed E-state index contributed by atoms with van der Waals surface area (Å²) in [6.07, 6.45) is 0. The molecule has 0 heterocycles. The molecule has 0 unspecified atom stereocenters. The van der Waals surface area contributed by atoms with Crippen LogP contribution >= 0.6 is 35.4 Å². The maximum atomic E-state index is 13.7. The zero-order chi connectivity index (χ0) is 14.9. The molecular weight excluding hydrogens is 325 g/mol. The molecule has 2 aromatic carbocycles. The topological polar surface area (TPSA) is 38.0 Å². The highest BCUT2D eigenvalue weighted by atomic mass is 35.5. The van der Waals surface area contributed by atoms with Crippen LogP contribution in [0.1, 0.15) is 5.56 Å². The molecule has 20 heavy (non-hydrogen) atoms. The molecule has 0 fully saturated rings. The molecule has 2 nitrogen and oxygen atoms in total. The van der Waals surface area contributed by atoms with Crippen molar-refractivity contribution in [2.24, 2.45) is 5.73 Å². The van der Waals surface area contributed by atoms with E-state index < -0.39 is 11.6 Å². The first-order valence-corrected chi connectivity index (χ1v) is 6.56. The molecular formula is C13H8Cl2F2N2S. The fourth-order valence-electron chi connectivity index (χ4n) is 1.63. The van der Waals surface area contributed by atoms with Crippen LogP contribution in [0.5, 0.6) is 0 Å². The van der Waals surface area contributed by atoms with Crippen LogP contribution in [0.2, 0.25) is 10.0 Å². The molecule has 104 valence electrons. The highest BCUT2D eigenvalue weighted by Crippen LogP contribution is 2.32. The second-order valence-corrected chi connectivity index (χ2v) is 5.21. The number of thiocarbonyl (C=S) groups is 1. The second-order valence-electron chi connectivity index (χ2n) is 3.92. The van der Waals surface area contributed by atoms with Gasteiger partial charge in [-0.1, -0.05) is 35.4 Å². The van der Waals surface area contributed by atoms with Gasteiger partial charge in [0.15, 0.2) is 5.82 Å². The minimum absolute atomic E-state index is 0.0761. The molecule has 0 amide bonds. The Bertz CT molecular complexity index is 669. The minimum atomic E-state index is -0.830. The number of nitrogens with one attached hydrogen (secondary N) is 1. The zero-order valence-corrected chi connectivity index (χ0v) is 12.2. The lowest BCUT2D eigenvalue weighted by Gasteiger charge is -2.13. The number of nitrogens with two attached hydrogens (primary N) is 1. The molecule has 0 radical (unpaired) electrons. The number of halogens is 4. The van der Waals surface area contributed by atoms with Gasteiger partial charge in [-0.05, 0) is 24.3 Å². The van der Waals surface area contributed by atoms with E-state index in [-0.39, 0.29) is 15.7 Å². The SMILES string of the molecule is NC(=S)c1ccc(Cl)cc1Nc1c(F)cc(F)cc1Cl. The average Bonchev–Trinajstić information content (AvgIpc) is 2.33. The fourth-order valence-corrected chi connectivity index (χ4v) is 2.22. The lowest BCUT2D eigenvalue weighted by atomic mass is 10.1. The molecule has 3 N–H and O–H groups in total. The van der Waals surface area contributed by atoms with Crippen LogP contribution in [0.4, 0.5) is 20.2 Å². The van der Waals surface area contributed by atoms with Gasteiger partial charge in [0.25, 0.3) is 0 Å². The summed E-state index contributed by atoms with van der Waals surface area (Å²) in [7, 11) is 0. The zero-order valence-electron chi connectivity index (χ0n) is 9.88. The molecule has 0 bridgehead atoms. The van der Waals surface area contributed by atoms with Gasteiger partial charge >= 0.3 is 0 Å². The van der Waals surface area contributed by atoms with Crippen molar-refractivity contribution in [3.8, 4) is 0 Å². The third-order valence-electron chi connectivity index (χ3n) is 2.51. The summed E-state index contributed by atoms with van der Waals surface area (Å²) in [5.41, 5.74) is 6.37. The molecule has 2 aromatic rings. The Labute approximate surface area is 129 Å². The van der Waals surface area contributed by atoms with E-state index in [1.807, 2.05) is 0 Å². The van der Waals surface area contributed by atoms with Crippen molar-refractivity contribution < 1.29 is 8.78 Å². The molecule has 7 heteroatoms. The average molecular weight is 333 g/mol.